The third-order valence-electron chi connectivity index (χ3n) is 7.93. The van der Waals surface area contributed by atoms with Crippen LogP contribution in [0.2, 0.25) is 0 Å². The van der Waals surface area contributed by atoms with Crippen LogP contribution >= 0.6 is 15.9 Å². The molecule has 37 heavy (non-hydrogen) atoms. The van der Waals surface area contributed by atoms with Gasteiger partial charge in [-0.1, -0.05) is 104 Å². The molecule has 1 saturated heterocycles. The van der Waals surface area contributed by atoms with Gasteiger partial charge in [0.1, 0.15) is 6.10 Å². The maximum Gasteiger partial charge on any atom is 0.338 e. The molecule has 0 amide bonds. The van der Waals surface area contributed by atoms with Crippen molar-refractivity contribution in [2.45, 2.75) is 64.5 Å². The van der Waals surface area contributed by atoms with Crippen LogP contribution in [0.25, 0.3) is 0 Å². The number of carbonyl (C=O) groups excluding carboxylic acids is 1. The quantitative estimate of drug-likeness (QED) is 0.285. The summed E-state index contributed by atoms with van der Waals surface area (Å²) < 4.78 is 14.0. The number of nitrogens with zero attached hydrogens (tertiary/aromatic N) is 1. The van der Waals surface area contributed by atoms with Crippen LogP contribution < -0.4 is 4.90 Å². The number of ether oxygens (including phenoxy) is 2. The van der Waals surface area contributed by atoms with Crippen LogP contribution in [0.3, 0.4) is 0 Å². The molecule has 6 atom stereocenters. The zero-order chi connectivity index (χ0) is 25.9. The zero-order valence-corrected chi connectivity index (χ0v) is 23.4. The summed E-state index contributed by atoms with van der Waals surface area (Å²) in [6.07, 6.45) is 1.95. The molecule has 194 valence electrons. The van der Waals surface area contributed by atoms with E-state index in [1.54, 1.807) is 0 Å². The molecule has 4 nitrogen and oxygen atoms in total. The predicted octanol–water partition coefficient (Wildman–Crippen LogP) is 8.10. The van der Waals surface area contributed by atoms with Crippen molar-refractivity contribution in [3.05, 3.63) is 101 Å². The number of rotatable bonds is 6. The number of esters is 1. The second-order valence-corrected chi connectivity index (χ2v) is 11.8. The number of para-hydroxylation sites is 1. The van der Waals surface area contributed by atoms with Gasteiger partial charge in [0, 0.05) is 15.7 Å². The van der Waals surface area contributed by atoms with Gasteiger partial charge in [-0.15, -0.1) is 0 Å². The van der Waals surface area contributed by atoms with Gasteiger partial charge in [-0.05, 0) is 60.4 Å². The van der Waals surface area contributed by atoms with E-state index < -0.39 is 12.3 Å². The first-order valence-corrected chi connectivity index (χ1v) is 14.2. The van der Waals surface area contributed by atoms with Crippen LogP contribution in [-0.4, -0.2) is 18.2 Å². The van der Waals surface area contributed by atoms with E-state index in [0.717, 1.165) is 34.1 Å². The van der Waals surface area contributed by atoms with Crippen molar-refractivity contribution in [3.63, 3.8) is 0 Å². The standard InChI is InChI=1S/C32H36BrNO3/c1-21(2)27-19-14-22(3)20-28(27)36-32(35)30-29(23-10-6-4-7-11-23)34(26-12-8-5-9-13-26)31(37-30)24-15-17-25(33)18-16-24/h4-13,15-18,21-22,27-31H,14,19-20H2,1-3H3/t22-,27+,28-,29+,30+,31-/m1/s1. The number of carbonyl (C=O) groups is 1. The Morgan fingerprint density at radius 2 is 1.57 bits per heavy atom. The van der Waals surface area contributed by atoms with Crippen molar-refractivity contribution in [1.82, 2.24) is 0 Å². The van der Waals surface area contributed by atoms with E-state index in [-0.39, 0.29) is 18.1 Å². The van der Waals surface area contributed by atoms with Crippen molar-refractivity contribution >= 4 is 27.6 Å². The van der Waals surface area contributed by atoms with E-state index in [4.69, 9.17) is 9.47 Å². The average Bonchev–Trinajstić information content (AvgIpc) is 3.31. The highest BCUT2D eigenvalue weighted by molar-refractivity contribution is 9.10. The van der Waals surface area contributed by atoms with Gasteiger partial charge in [0.2, 0.25) is 0 Å². The smallest absolute Gasteiger partial charge is 0.338 e. The van der Waals surface area contributed by atoms with E-state index in [2.05, 4.69) is 78.0 Å². The van der Waals surface area contributed by atoms with Gasteiger partial charge in [-0.3, -0.25) is 0 Å². The third-order valence-corrected chi connectivity index (χ3v) is 8.46. The molecule has 1 saturated carbocycles. The summed E-state index contributed by atoms with van der Waals surface area (Å²) in [5.41, 5.74) is 3.03. The summed E-state index contributed by atoms with van der Waals surface area (Å²) in [5, 5.41) is 0. The minimum atomic E-state index is -0.749. The molecule has 2 aliphatic rings. The van der Waals surface area contributed by atoms with Gasteiger partial charge in [0.15, 0.2) is 12.3 Å². The summed E-state index contributed by atoms with van der Waals surface area (Å²) in [4.78, 5) is 16.2. The van der Waals surface area contributed by atoms with Gasteiger partial charge in [-0.2, -0.15) is 0 Å². The SMILES string of the molecule is CC(C)[C@@H]1CC[C@@H](C)C[C@H]1OC(=O)[C@H]1O[C@H](c2ccc(Br)cc2)N(c2ccccc2)[C@H]1c1ccccc1. The summed E-state index contributed by atoms with van der Waals surface area (Å²) in [6.45, 7) is 6.74. The fourth-order valence-electron chi connectivity index (χ4n) is 5.97. The molecule has 1 aliphatic heterocycles. The summed E-state index contributed by atoms with van der Waals surface area (Å²) in [7, 11) is 0. The highest BCUT2D eigenvalue weighted by atomic mass is 79.9. The highest BCUT2D eigenvalue weighted by Crippen LogP contribution is 2.47. The van der Waals surface area contributed by atoms with Crippen LogP contribution in [0.1, 0.15) is 63.4 Å². The van der Waals surface area contributed by atoms with E-state index in [1.165, 1.54) is 6.42 Å². The Bertz CT molecular complexity index is 1170. The van der Waals surface area contributed by atoms with E-state index in [1.807, 2.05) is 48.5 Å². The first-order chi connectivity index (χ1) is 17.9. The van der Waals surface area contributed by atoms with Crippen LogP contribution in [0.15, 0.2) is 89.4 Å². The maximum atomic E-state index is 14.0. The first-order valence-electron chi connectivity index (χ1n) is 13.4. The Morgan fingerprint density at radius 3 is 2.22 bits per heavy atom. The molecule has 0 unspecified atom stereocenters. The molecule has 3 aromatic rings. The maximum absolute atomic E-state index is 14.0. The van der Waals surface area contributed by atoms with Crippen molar-refractivity contribution in [2.24, 2.45) is 17.8 Å². The van der Waals surface area contributed by atoms with Crippen LogP contribution in [0.4, 0.5) is 5.69 Å². The van der Waals surface area contributed by atoms with Gasteiger partial charge in [0.25, 0.3) is 0 Å². The molecule has 5 heteroatoms. The fraction of sp³-hybridized carbons (Fsp3) is 0.406. The van der Waals surface area contributed by atoms with Crippen molar-refractivity contribution < 1.29 is 14.3 Å². The summed E-state index contributed by atoms with van der Waals surface area (Å²) >= 11 is 3.55. The number of anilines is 1. The van der Waals surface area contributed by atoms with Crippen LogP contribution in [-0.2, 0) is 14.3 Å². The Morgan fingerprint density at radius 1 is 0.919 bits per heavy atom. The van der Waals surface area contributed by atoms with Crippen LogP contribution in [0.5, 0.6) is 0 Å². The monoisotopic (exact) mass is 561 g/mol. The third kappa shape index (κ3) is 5.63. The second kappa shape index (κ2) is 11.4. The molecule has 0 aromatic heterocycles. The van der Waals surface area contributed by atoms with Gasteiger partial charge < -0.3 is 14.4 Å². The zero-order valence-electron chi connectivity index (χ0n) is 21.8. The Kier molecular flexibility index (Phi) is 8.01. The minimum absolute atomic E-state index is 0.0758. The summed E-state index contributed by atoms with van der Waals surface area (Å²) in [5.74, 6) is 1.14. The molecule has 2 fully saturated rings. The lowest BCUT2D eigenvalue weighted by molar-refractivity contribution is -0.169. The normalized spacial score (nSPS) is 27.9. The van der Waals surface area contributed by atoms with Crippen molar-refractivity contribution in [1.29, 1.82) is 0 Å². The number of hydrogen-bond acceptors (Lipinski definition) is 4. The molecule has 0 radical (unpaired) electrons. The number of halogens is 1. The molecule has 1 aliphatic carbocycles. The predicted molar refractivity (Wildman–Crippen MR) is 151 cm³/mol. The Balaban J connectivity index is 1.54. The van der Waals surface area contributed by atoms with E-state index in [9.17, 15) is 4.79 Å². The first kappa shape index (κ1) is 26.0. The molecular weight excluding hydrogens is 526 g/mol. The minimum Gasteiger partial charge on any atom is -0.460 e. The van der Waals surface area contributed by atoms with Crippen molar-refractivity contribution in [2.75, 3.05) is 4.90 Å². The lowest BCUT2D eigenvalue weighted by atomic mass is 9.75. The van der Waals surface area contributed by atoms with Crippen LogP contribution in [0, 0.1) is 17.8 Å². The lowest BCUT2D eigenvalue weighted by Crippen LogP contribution is -2.40. The van der Waals surface area contributed by atoms with Gasteiger partial charge in [-0.25, -0.2) is 4.79 Å². The molecule has 0 bridgehead atoms. The molecule has 0 N–H and O–H groups in total. The van der Waals surface area contributed by atoms with E-state index in [0.29, 0.717) is 17.8 Å². The highest BCUT2D eigenvalue weighted by Gasteiger charge is 2.49. The lowest BCUT2D eigenvalue weighted by Gasteiger charge is -2.37. The average molecular weight is 563 g/mol. The van der Waals surface area contributed by atoms with Gasteiger partial charge >= 0.3 is 5.97 Å². The molecule has 1 heterocycles. The summed E-state index contributed by atoms with van der Waals surface area (Å²) in [6, 6.07) is 28.2. The molecular formula is C32H36BrNO3. The van der Waals surface area contributed by atoms with Gasteiger partial charge in [0.05, 0.1) is 6.04 Å². The van der Waals surface area contributed by atoms with Crippen molar-refractivity contribution in [3.8, 4) is 0 Å². The Hall–Kier alpha value is -2.63. The molecule has 5 rings (SSSR count). The largest absolute Gasteiger partial charge is 0.460 e. The Labute approximate surface area is 229 Å². The number of hydrogen-bond donors (Lipinski definition) is 0. The molecule has 3 aromatic carbocycles. The van der Waals surface area contributed by atoms with E-state index >= 15 is 0 Å². The fourth-order valence-corrected chi connectivity index (χ4v) is 6.23. The molecule has 0 spiro atoms. The second-order valence-electron chi connectivity index (χ2n) is 10.9. The topological polar surface area (TPSA) is 38.8 Å². The number of benzene rings is 3.